The molecule has 1 saturated heterocycles. The van der Waals surface area contributed by atoms with E-state index in [0.29, 0.717) is 28.9 Å². The van der Waals surface area contributed by atoms with Crippen LogP contribution in [0.3, 0.4) is 0 Å². The van der Waals surface area contributed by atoms with Crippen molar-refractivity contribution in [3.63, 3.8) is 0 Å². The van der Waals surface area contributed by atoms with Gasteiger partial charge in [-0.25, -0.2) is 9.97 Å². The summed E-state index contributed by atoms with van der Waals surface area (Å²) >= 11 is 0. The summed E-state index contributed by atoms with van der Waals surface area (Å²) in [6, 6.07) is 3.24. The molecule has 2 atom stereocenters. The van der Waals surface area contributed by atoms with Crippen LogP contribution in [-0.4, -0.2) is 50.8 Å². The summed E-state index contributed by atoms with van der Waals surface area (Å²) in [5.41, 5.74) is 1.76. The smallest absolute Gasteiger partial charge is 0.425 e. The zero-order valence-corrected chi connectivity index (χ0v) is 15.8. The van der Waals surface area contributed by atoms with E-state index in [1.807, 2.05) is 0 Å². The number of nitrogens with one attached hydrogen (secondary N) is 2. The van der Waals surface area contributed by atoms with E-state index in [-0.39, 0.29) is 5.75 Å². The van der Waals surface area contributed by atoms with Crippen LogP contribution in [0.1, 0.15) is 19.8 Å². The Balaban J connectivity index is 1.56. The van der Waals surface area contributed by atoms with E-state index in [2.05, 4.69) is 25.6 Å². The molecule has 0 bridgehead atoms. The summed E-state index contributed by atoms with van der Waals surface area (Å²) in [6.07, 6.45) is 2.37. The molecular formula is C19H21F3N6O. The summed E-state index contributed by atoms with van der Waals surface area (Å²) in [6.45, 7) is 2.87. The molecule has 3 aromatic rings. The molecule has 1 aliphatic rings. The zero-order valence-electron chi connectivity index (χ0n) is 15.8. The predicted octanol–water partition coefficient (Wildman–Crippen LogP) is 3.28. The summed E-state index contributed by atoms with van der Waals surface area (Å²) in [4.78, 5) is 13.2. The van der Waals surface area contributed by atoms with Crippen molar-refractivity contribution < 1.29 is 17.9 Å². The number of anilines is 1. The lowest BCUT2D eigenvalue weighted by Crippen LogP contribution is -2.38. The van der Waals surface area contributed by atoms with Gasteiger partial charge in [0, 0.05) is 24.8 Å². The van der Waals surface area contributed by atoms with Crippen molar-refractivity contribution in [1.82, 2.24) is 24.7 Å². The molecule has 0 amide bonds. The topological polar surface area (TPSA) is 76.4 Å². The Hall–Kier alpha value is -2.88. The highest BCUT2D eigenvalue weighted by atomic mass is 19.4. The molecule has 0 aromatic carbocycles. The molecule has 0 saturated carbocycles. The van der Waals surface area contributed by atoms with Crippen molar-refractivity contribution in [3.8, 4) is 17.1 Å². The molecule has 10 heteroatoms. The van der Waals surface area contributed by atoms with Gasteiger partial charge >= 0.3 is 6.18 Å². The Morgan fingerprint density at radius 3 is 2.93 bits per heavy atom. The van der Waals surface area contributed by atoms with Crippen molar-refractivity contribution in [2.24, 2.45) is 0 Å². The van der Waals surface area contributed by atoms with Crippen molar-refractivity contribution in [2.75, 3.05) is 18.4 Å². The lowest BCUT2D eigenvalue weighted by Gasteiger charge is -2.24. The van der Waals surface area contributed by atoms with Crippen LogP contribution < -0.4 is 15.4 Å². The van der Waals surface area contributed by atoms with Gasteiger partial charge in [-0.1, -0.05) is 0 Å². The number of alkyl halides is 3. The molecule has 2 N–H and O–H groups in total. The molecule has 154 valence electrons. The first-order valence-electron chi connectivity index (χ1n) is 9.40. The summed E-state index contributed by atoms with van der Waals surface area (Å²) < 4.78 is 44.8. The molecule has 4 rings (SSSR count). The second kappa shape index (κ2) is 7.86. The Bertz CT molecular complexity index is 983. The van der Waals surface area contributed by atoms with E-state index in [4.69, 9.17) is 4.74 Å². The van der Waals surface area contributed by atoms with Gasteiger partial charge in [0.15, 0.2) is 6.10 Å². The molecule has 29 heavy (non-hydrogen) atoms. The van der Waals surface area contributed by atoms with Gasteiger partial charge in [-0.15, -0.1) is 0 Å². The number of ether oxygens (including phenoxy) is 1. The fraction of sp³-hybridized carbons (Fsp3) is 0.421. The Morgan fingerprint density at radius 2 is 2.17 bits per heavy atom. The van der Waals surface area contributed by atoms with Crippen LogP contribution in [0.5, 0.6) is 5.75 Å². The number of rotatable bonds is 5. The largest absolute Gasteiger partial charge is 0.481 e. The second-order valence-corrected chi connectivity index (χ2v) is 7.01. The average Bonchev–Trinajstić information content (AvgIpc) is 3.11. The van der Waals surface area contributed by atoms with Gasteiger partial charge in [0.05, 0.1) is 24.3 Å². The van der Waals surface area contributed by atoms with E-state index >= 15 is 0 Å². The minimum Gasteiger partial charge on any atom is -0.481 e. The number of pyridine rings is 1. The third kappa shape index (κ3) is 4.42. The van der Waals surface area contributed by atoms with Gasteiger partial charge in [0.1, 0.15) is 22.9 Å². The number of aromatic nitrogens is 4. The lowest BCUT2D eigenvalue weighted by molar-refractivity contribution is -0.189. The van der Waals surface area contributed by atoms with Crippen LogP contribution in [0.2, 0.25) is 0 Å². The molecule has 1 fully saturated rings. The average molecular weight is 406 g/mol. The van der Waals surface area contributed by atoms with Crippen molar-refractivity contribution in [3.05, 3.63) is 36.9 Å². The summed E-state index contributed by atoms with van der Waals surface area (Å²) in [5, 5.41) is 6.73. The van der Waals surface area contributed by atoms with Crippen LogP contribution in [0.15, 0.2) is 36.9 Å². The molecule has 0 spiro atoms. The number of hydrogen-bond acceptors (Lipinski definition) is 6. The lowest BCUT2D eigenvalue weighted by atomic mass is 10.1. The monoisotopic (exact) mass is 406 g/mol. The third-order valence-corrected chi connectivity index (χ3v) is 4.80. The van der Waals surface area contributed by atoms with Crippen LogP contribution >= 0.6 is 0 Å². The van der Waals surface area contributed by atoms with E-state index in [9.17, 15) is 13.2 Å². The van der Waals surface area contributed by atoms with Gasteiger partial charge < -0.3 is 15.4 Å². The molecule has 4 heterocycles. The van der Waals surface area contributed by atoms with Crippen LogP contribution in [0, 0.1) is 0 Å². The van der Waals surface area contributed by atoms with Gasteiger partial charge in [-0.2, -0.15) is 13.2 Å². The van der Waals surface area contributed by atoms with Gasteiger partial charge in [-0.05, 0) is 32.4 Å². The Kier molecular flexibility index (Phi) is 5.27. The fourth-order valence-corrected chi connectivity index (χ4v) is 3.24. The third-order valence-electron chi connectivity index (χ3n) is 4.80. The molecule has 1 unspecified atom stereocenters. The van der Waals surface area contributed by atoms with Crippen molar-refractivity contribution in [2.45, 2.75) is 38.1 Å². The SMILES string of the molecule is CC(Oc1ccn2c(-c3cncc(N[C@@H]4CCCNC4)n3)cnc2c1)C(F)(F)F. The summed E-state index contributed by atoms with van der Waals surface area (Å²) in [7, 11) is 0. The Morgan fingerprint density at radius 1 is 1.31 bits per heavy atom. The molecular weight excluding hydrogens is 385 g/mol. The zero-order chi connectivity index (χ0) is 20.4. The second-order valence-electron chi connectivity index (χ2n) is 7.01. The number of hydrogen-bond donors (Lipinski definition) is 2. The molecule has 3 aromatic heterocycles. The van der Waals surface area contributed by atoms with E-state index in [1.54, 1.807) is 29.2 Å². The summed E-state index contributed by atoms with van der Waals surface area (Å²) in [5.74, 6) is 0.774. The molecule has 0 aliphatic carbocycles. The maximum absolute atomic E-state index is 12.7. The standard InChI is InChI=1S/C19H21F3N6O/c1-12(19(20,21)22)29-14-4-6-28-16(10-25-18(28)7-14)15-9-24-11-17(27-15)26-13-3-2-5-23-8-13/h4,6-7,9-13,23H,2-3,5,8H2,1H3,(H,26,27)/t12?,13-/m1/s1. The molecule has 0 radical (unpaired) electrons. The number of piperidine rings is 1. The van der Waals surface area contributed by atoms with Crippen LogP contribution in [-0.2, 0) is 0 Å². The first-order valence-corrected chi connectivity index (χ1v) is 9.40. The highest BCUT2D eigenvalue weighted by Gasteiger charge is 2.38. The Labute approximate surface area is 165 Å². The minimum atomic E-state index is -4.43. The highest BCUT2D eigenvalue weighted by Crippen LogP contribution is 2.27. The van der Waals surface area contributed by atoms with Crippen molar-refractivity contribution in [1.29, 1.82) is 0 Å². The van der Waals surface area contributed by atoms with Gasteiger partial charge in [0.2, 0.25) is 0 Å². The minimum absolute atomic E-state index is 0.103. The molecule has 1 aliphatic heterocycles. The van der Waals surface area contributed by atoms with Gasteiger partial charge in [0.25, 0.3) is 0 Å². The normalized spacial score (nSPS) is 18.6. The van der Waals surface area contributed by atoms with Crippen LogP contribution in [0.25, 0.3) is 17.0 Å². The number of halogens is 3. The quantitative estimate of drug-likeness (QED) is 0.677. The highest BCUT2D eigenvalue weighted by molar-refractivity contribution is 5.61. The van der Waals surface area contributed by atoms with Crippen LogP contribution in [0.4, 0.5) is 19.0 Å². The van der Waals surface area contributed by atoms with Gasteiger partial charge in [-0.3, -0.25) is 9.38 Å². The van der Waals surface area contributed by atoms with E-state index in [0.717, 1.165) is 32.9 Å². The van der Waals surface area contributed by atoms with Crippen molar-refractivity contribution >= 4 is 11.5 Å². The first-order chi connectivity index (χ1) is 13.9. The number of fused-ring (bicyclic) bond motifs is 1. The maximum atomic E-state index is 12.7. The van der Waals surface area contributed by atoms with E-state index < -0.39 is 12.3 Å². The number of imidazole rings is 1. The first kappa shape index (κ1) is 19.4. The molecule has 7 nitrogen and oxygen atoms in total. The van der Waals surface area contributed by atoms with E-state index in [1.165, 1.54) is 12.1 Å². The maximum Gasteiger partial charge on any atom is 0.425 e. The fourth-order valence-electron chi connectivity index (χ4n) is 3.24. The number of nitrogens with zero attached hydrogens (tertiary/aromatic N) is 4. The predicted molar refractivity (Wildman–Crippen MR) is 102 cm³/mol.